The number of para-hydroxylation sites is 1. The highest BCUT2D eigenvalue weighted by Crippen LogP contribution is 2.21. The first-order valence-corrected chi connectivity index (χ1v) is 8.98. The van der Waals surface area contributed by atoms with Gasteiger partial charge in [0.15, 0.2) is 5.78 Å². The Hall–Kier alpha value is -2.50. The summed E-state index contributed by atoms with van der Waals surface area (Å²) in [6.45, 7) is 3.25. The SMILES string of the molecule is C[C@H](C(=O)Nc1ccccc1C(=O)c1ccccc1)N1CCC(O)CC1. The number of nitrogens with one attached hydrogen (secondary N) is 1. The van der Waals surface area contributed by atoms with Crippen LogP contribution in [0.3, 0.4) is 0 Å². The molecule has 1 amide bonds. The van der Waals surface area contributed by atoms with Crippen LogP contribution in [0.1, 0.15) is 35.7 Å². The number of carbonyl (C=O) groups excluding carboxylic acids is 2. The number of rotatable bonds is 5. The van der Waals surface area contributed by atoms with Gasteiger partial charge in [0.25, 0.3) is 0 Å². The monoisotopic (exact) mass is 352 g/mol. The molecule has 0 aromatic heterocycles. The largest absolute Gasteiger partial charge is 0.393 e. The lowest BCUT2D eigenvalue weighted by Gasteiger charge is -2.33. The van der Waals surface area contributed by atoms with E-state index in [1.54, 1.807) is 36.4 Å². The summed E-state index contributed by atoms with van der Waals surface area (Å²) in [5.74, 6) is -0.259. The summed E-state index contributed by atoms with van der Waals surface area (Å²) < 4.78 is 0. The van der Waals surface area contributed by atoms with Crippen molar-refractivity contribution in [2.45, 2.75) is 31.9 Å². The number of piperidine rings is 1. The van der Waals surface area contributed by atoms with Crippen molar-refractivity contribution in [3.8, 4) is 0 Å². The number of carbonyl (C=O) groups is 2. The van der Waals surface area contributed by atoms with E-state index in [-0.39, 0.29) is 23.8 Å². The summed E-state index contributed by atoms with van der Waals surface area (Å²) in [7, 11) is 0. The van der Waals surface area contributed by atoms with Gasteiger partial charge in [-0.25, -0.2) is 0 Å². The fourth-order valence-electron chi connectivity index (χ4n) is 3.21. The number of benzene rings is 2. The van der Waals surface area contributed by atoms with E-state index in [0.29, 0.717) is 42.7 Å². The molecule has 2 N–H and O–H groups in total. The van der Waals surface area contributed by atoms with Crippen molar-refractivity contribution in [2.24, 2.45) is 0 Å². The van der Waals surface area contributed by atoms with Crippen LogP contribution in [0.25, 0.3) is 0 Å². The second kappa shape index (κ2) is 8.25. The maximum Gasteiger partial charge on any atom is 0.241 e. The third-order valence-electron chi connectivity index (χ3n) is 4.89. The van der Waals surface area contributed by atoms with Crippen molar-refractivity contribution in [3.63, 3.8) is 0 Å². The molecule has 1 saturated heterocycles. The van der Waals surface area contributed by atoms with Crippen molar-refractivity contribution < 1.29 is 14.7 Å². The van der Waals surface area contributed by atoms with Crippen LogP contribution in [-0.2, 0) is 4.79 Å². The van der Waals surface area contributed by atoms with E-state index in [9.17, 15) is 14.7 Å². The Balaban J connectivity index is 1.74. The standard InChI is InChI=1S/C21H24N2O3/c1-15(23-13-11-17(24)12-14-23)21(26)22-19-10-6-5-9-18(19)20(25)16-7-3-2-4-8-16/h2-10,15,17,24H,11-14H2,1H3,(H,22,26)/t15-/m1/s1. The number of anilines is 1. The smallest absolute Gasteiger partial charge is 0.241 e. The summed E-state index contributed by atoms with van der Waals surface area (Å²) in [6.07, 6.45) is 1.09. The van der Waals surface area contributed by atoms with Crippen LogP contribution in [0.5, 0.6) is 0 Å². The number of hydrogen-bond donors (Lipinski definition) is 2. The van der Waals surface area contributed by atoms with Crippen LogP contribution < -0.4 is 5.32 Å². The quantitative estimate of drug-likeness (QED) is 0.812. The lowest BCUT2D eigenvalue weighted by atomic mass is 10.0. The lowest BCUT2D eigenvalue weighted by Crippen LogP contribution is -2.47. The van der Waals surface area contributed by atoms with Crippen LogP contribution >= 0.6 is 0 Å². The fourth-order valence-corrected chi connectivity index (χ4v) is 3.21. The zero-order valence-electron chi connectivity index (χ0n) is 14.9. The lowest BCUT2D eigenvalue weighted by molar-refractivity contribution is -0.121. The van der Waals surface area contributed by atoms with E-state index in [1.165, 1.54) is 0 Å². The molecule has 0 radical (unpaired) electrons. The van der Waals surface area contributed by atoms with Gasteiger partial charge in [0.1, 0.15) is 0 Å². The number of ketones is 1. The minimum atomic E-state index is -0.317. The van der Waals surface area contributed by atoms with Crippen LogP contribution in [0.4, 0.5) is 5.69 Å². The number of aliphatic hydroxyl groups is 1. The van der Waals surface area contributed by atoms with Crippen molar-refractivity contribution in [1.29, 1.82) is 0 Å². The average molecular weight is 352 g/mol. The molecule has 3 rings (SSSR count). The second-order valence-electron chi connectivity index (χ2n) is 6.67. The molecule has 0 saturated carbocycles. The number of nitrogens with zero attached hydrogens (tertiary/aromatic N) is 1. The van der Waals surface area contributed by atoms with Crippen LogP contribution in [0.15, 0.2) is 54.6 Å². The molecule has 0 spiro atoms. The third kappa shape index (κ3) is 4.18. The van der Waals surface area contributed by atoms with Gasteiger partial charge >= 0.3 is 0 Å². The maximum absolute atomic E-state index is 12.8. The van der Waals surface area contributed by atoms with Gasteiger partial charge in [0, 0.05) is 24.2 Å². The zero-order valence-corrected chi connectivity index (χ0v) is 14.9. The van der Waals surface area contributed by atoms with E-state index in [4.69, 9.17) is 0 Å². The predicted octanol–water partition coefficient (Wildman–Crippen LogP) is 2.70. The van der Waals surface area contributed by atoms with Gasteiger partial charge in [-0.2, -0.15) is 0 Å². The molecule has 26 heavy (non-hydrogen) atoms. The summed E-state index contributed by atoms with van der Waals surface area (Å²) in [5, 5.41) is 12.5. The molecule has 1 aliphatic heterocycles. The highest BCUT2D eigenvalue weighted by Gasteiger charge is 2.26. The van der Waals surface area contributed by atoms with Gasteiger partial charge in [-0.1, -0.05) is 42.5 Å². The highest BCUT2D eigenvalue weighted by molar-refractivity contribution is 6.14. The normalized spacial score (nSPS) is 16.8. The predicted molar refractivity (Wildman–Crippen MR) is 101 cm³/mol. The average Bonchev–Trinajstić information content (AvgIpc) is 2.68. The molecule has 136 valence electrons. The molecule has 1 aliphatic rings. The summed E-state index contributed by atoms with van der Waals surface area (Å²) in [6, 6.07) is 15.8. The Kier molecular flexibility index (Phi) is 5.81. The molecule has 1 atom stereocenters. The van der Waals surface area contributed by atoms with E-state index in [2.05, 4.69) is 10.2 Å². The Bertz CT molecular complexity index is 768. The second-order valence-corrected chi connectivity index (χ2v) is 6.67. The molecule has 2 aromatic carbocycles. The van der Waals surface area contributed by atoms with Gasteiger partial charge in [0.2, 0.25) is 5.91 Å². The molecule has 1 fully saturated rings. The van der Waals surface area contributed by atoms with Gasteiger partial charge in [-0.3, -0.25) is 14.5 Å². The molecular weight excluding hydrogens is 328 g/mol. The van der Waals surface area contributed by atoms with Crippen molar-refractivity contribution >= 4 is 17.4 Å². The fraction of sp³-hybridized carbons (Fsp3) is 0.333. The van der Waals surface area contributed by atoms with E-state index in [1.807, 2.05) is 25.1 Å². The Morgan fingerprint density at radius 2 is 1.65 bits per heavy atom. The molecule has 1 heterocycles. The summed E-state index contributed by atoms with van der Waals surface area (Å²) >= 11 is 0. The van der Waals surface area contributed by atoms with Crippen molar-refractivity contribution in [2.75, 3.05) is 18.4 Å². The molecular formula is C21H24N2O3. The molecule has 5 nitrogen and oxygen atoms in total. The van der Waals surface area contributed by atoms with Gasteiger partial charge in [0.05, 0.1) is 17.8 Å². The van der Waals surface area contributed by atoms with Crippen LogP contribution in [0, 0.1) is 0 Å². The molecule has 0 aliphatic carbocycles. The third-order valence-corrected chi connectivity index (χ3v) is 4.89. The maximum atomic E-state index is 12.8. The van der Waals surface area contributed by atoms with E-state index in [0.717, 1.165) is 0 Å². The molecule has 5 heteroatoms. The first-order valence-electron chi connectivity index (χ1n) is 8.98. The first-order chi connectivity index (χ1) is 12.6. The van der Waals surface area contributed by atoms with Crippen molar-refractivity contribution in [3.05, 3.63) is 65.7 Å². The number of likely N-dealkylation sites (tertiary alicyclic amines) is 1. The highest BCUT2D eigenvalue weighted by atomic mass is 16.3. The van der Waals surface area contributed by atoms with Crippen LogP contribution in [-0.4, -0.2) is 46.9 Å². The topological polar surface area (TPSA) is 69.6 Å². The number of aliphatic hydroxyl groups excluding tert-OH is 1. The number of hydrogen-bond acceptors (Lipinski definition) is 4. The van der Waals surface area contributed by atoms with E-state index >= 15 is 0 Å². The zero-order chi connectivity index (χ0) is 18.5. The van der Waals surface area contributed by atoms with Crippen LogP contribution in [0.2, 0.25) is 0 Å². The molecule has 2 aromatic rings. The Morgan fingerprint density at radius 3 is 2.35 bits per heavy atom. The first kappa shape index (κ1) is 18.3. The Labute approximate surface area is 153 Å². The Morgan fingerprint density at radius 1 is 1.04 bits per heavy atom. The van der Waals surface area contributed by atoms with Gasteiger partial charge < -0.3 is 10.4 Å². The van der Waals surface area contributed by atoms with Gasteiger partial charge in [-0.05, 0) is 31.9 Å². The summed E-state index contributed by atoms with van der Waals surface area (Å²) in [4.78, 5) is 27.5. The number of amides is 1. The minimum Gasteiger partial charge on any atom is -0.393 e. The van der Waals surface area contributed by atoms with E-state index < -0.39 is 0 Å². The molecule has 0 unspecified atom stereocenters. The molecule has 0 bridgehead atoms. The summed E-state index contributed by atoms with van der Waals surface area (Å²) in [5.41, 5.74) is 1.59. The van der Waals surface area contributed by atoms with Gasteiger partial charge in [-0.15, -0.1) is 0 Å². The van der Waals surface area contributed by atoms with Crippen molar-refractivity contribution in [1.82, 2.24) is 4.90 Å². The minimum absolute atomic E-state index is 0.116.